The predicted octanol–water partition coefficient (Wildman–Crippen LogP) is 2.33. The van der Waals surface area contributed by atoms with Crippen molar-refractivity contribution in [2.24, 2.45) is 0 Å². The van der Waals surface area contributed by atoms with Crippen molar-refractivity contribution in [3.05, 3.63) is 29.6 Å². The van der Waals surface area contributed by atoms with Crippen LogP contribution < -0.4 is 5.32 Å². The Morgan fingerprint density at radius 3 is 2.61 bits per heavy atom. The Labute approximate surface area is 111 Å². The lowest BCUT2D eigenvalue weighted by molar-refractivity contribution is 0.0506. The first kappa shape index (κ1) is 15.1. The van der Waals surface area contributed by atoms with E-state index < -0.39 is 5.60 Å². The van der Waals surface area contributed by atoms with Crippen molar-refractivity contribution in [1.29, 1.82) is 0 Å². The first-order valence-electron chi connectivity index (χ1n) is 6.94. The lowest BCUT2D eigenvalue weighted by Crippen LogP contribution is -2.32. The number of aryl methyl sites for hydroxylation is 1. The van der Waals surface area contributed by atoms with Crippen LogP contribution in [0.15, 0.2) is 18.3 Å². The van der Waals surface area contributed by atoms with Crippen LogP contribution in [-0.4, -0.2) is 28.8 Å². The quantitative estimate of drug-likeness (QED) is 0.696. The van der Waals surface area contributed by atoms with Crippen molar-refractivity contribution >= 4 is 0 Å². The number of pyridine rings is 1. The van der Waals surface area contributed by atoms with E-state index in [4.69, 9.17) is 0 Å². The van der Waals surface area contributed by atoms with E-state index in [0.717, 1.165) is 38.0 Å². The second-order valence-corrected chi connectivity index (χ2v) is 5.19. The van der Waals surface area contributed by atoms with Gasteiger partial charge in [-0.2, -0.15) is 0 Å². The average Bonchev–Trinajstić information content (AvgIpc) is 2.35. The van der Waals surface area contributed by atoms with Gasteiger partial charge in [0.2, 0.25) is 0 Å². The van der Waals surface area contributed by atoms with Gasteiger partial charge in [0.25, 0.3) is 0 Å². The first-order valence-corrected chi connectivity index (χ1v) is 6.94. The number of aromatic nitrogens is 1. The van der Waals surface area contributed by atoms with Gasteiger partial charge in [0.15, 0.2) is 0 Å². The van der Waals surface area contributed by atoms with Crippen molar-refractivity contribution in [3.63, 3.8) is 0 Å². The summed E-state index contributed by atoms with van der Waals surface area (Å²) in [5.41, 5.74) is 1.53. The minimum Gasteiger partial charge on any atom is -0.390 e. The summed E-state index contributed by atoms with van der Waals surface area (Å²) in [7, 11) is 0. The summed E-state index contributed by atoms with van der Waals surface area (Å²) < 4.78 is 0. The van der Waals surface area contributed by atoms with Gasteiger partial charge < -0.3 is 10.4 Å². The second-order valence-electron chi connectivity index (χ2n) is 5.19. The molecule has 0 radical (unpaired) electrons. The van der Waals surface area contributed by atoms with E-state index in [-0.39, 0.29) is 0 Å². The number of rotatable bonds is 8. The number of aliphatic hydroxyl groups is 1. The Hall–Kier alpha value is -0.930. The molecular weight excluding hydrogens is 224 g/mol. The fourth-order valence-corrected chi connectivity index (χ4v) is 1.91. The number of hydrogen-bond donors (Lipinski definition) is 2. The maximum absolute atomic E-state index is 10.3. The molecular formula is C15H26N2O. The van der Waals surface area contributed by atoms with E-state index in [1.165, 1.54) is 5.56 Å². The maximum atomic E-state index is 10.3. The molecule has 2 N–H and O–H groups in total. The zero-order valence-corrected chi connectivity index (χ0v) is 11.9. The number of nitrogens with one attached hydrogen (secondary N) is 1. The average molecular weight is 250 g/mol. The van der Waals surface area contributed by atoms with Gasteiger partial charge in [0.1, 0.15) is 0 Å². The van der Waals surface area contributed by atoms with Crippen molar-refractivity contribution in [1.82, 2.24) is 10.3 Å². The molecule has 1 atom stereocenters. The molecule has 1 aromatic heterocycles. The van der Waals surface area contributed by atoms with Crippen molar-refractivity contribution < 1.29 is 5.11 Å². The predicted molar refractivity (Wildman–Crippen MR) is 75.7 cm³/mol. The molecule has 0 aliphatic rings. The van der Waals surface area contributed by atoms with E-state index >= 15 is 0 Å². The maximum Gasteiger partial charge on any atom is 0.0687 e. The van der Waals surface area contributed by atoms with Crippen molar-refractivity contribution in [2.45, 2.75) is 52.1 Å². The molecule has 1 aromatic rings. The smallest absolute Gasteiger partial charge is 0.0687 e. The molecule has 1 rings (SSSR count). The van der Waals surface area contributed by atoms with Gasteiger partial charge in [0.05, 0.1) is 5.60 Å². The number of nitrogens with zero attached hydrogens (tertiary/aromatic N) is 1. The number of hydrogen-bond acceptors (Lipinski definition) is 3. The van der Waals surface area contributed by atoms with Crippen LogP contribution in [0.5, 0.6) is 0 Å². The summed E-state index contributed by atoms with van der Waals surface area (Å²) in [5.74, 6) is 0. The molecule has 0 spiro atoms. The van der Waals surface area contributed by atoms with Gasteiger partial charge in [-0.3, -0.25) is 4.98 Å². The van der Waals surface area contributed by atoms with Gasteiger partial charge in [-0.05, 0) is 50.9 Å². The Morgan fingerprint density at radius 1 is 1.28 bits per heavy atom. The Balaban J connectivity index is 2.42. The van der Waals surface area contributed by atoms with E-state index in [1.54, 1.807) is 0 Å². The minimum atomic E-state index is -0.679. The molecule has 18 heavy (non-hydrogen) atoms. The van der Waals surface area contributed by atoms with Gasteiger partial charge in [0, 0.05) is 18.3 Å². The summed E-state index contributed by atoms with van der Waals surface area (Å²) in [4.78, 5) is 4.40. The van der Waals surface area contributed by atoms with E-state index in [9.17, 15) is 5.11 Å². The zero-order chi connectivity index (χ0) is 13.4. The Bertz CT molecular complexity index is 333. The first-order chi connectivity index (χ1) is 8.57. The van der Waals surface area contributed by atoms with Crippen LogP contribution in [0.2, 0.25) is 0 Å². The molecule has 0 saturated carbocycles. The summed E-state index contributed by atoms with van der Waals surface area (Å²) >= 11 is 0. The lowest BCUT2D eigenvalue weighted by Gasteiger charge is -2.23. The molecule has 3 heteroatoms. The largest absolute Gasteiger partial charge is 0.390 e. The van der Waals surface area contributed by atoms with E-state index in [0.29, 0.717) is 6.42 Å². The summed E-state index contributed by atoms with van der Waals surface area (Å²) in [6, 6.07) is 4.11. The third kappa shape index (κ3) is 5.61. The third-order valence-electron chi connectivity index (χ3n) is 3.12. The molecule has 0 fully saturated rings. The fourth-order valence-electron chi connectivity index (χ4n) is 1.91. The topological polar surface area (TPSA) is 45.1 Å². The third-order valence-corrected chi connectivity index (χ3v) is 3.12. The van der Waals surface area contributed by atoms with Gasteiger partial charge in [-0.1, -0.05) is 19.9 Å². The molecule has 1 heterocycles. The van der Waals surface area contributed by atoms with E-state index in [1.807, 2.05) is 19.2 Å². The second kappa shape index (κ2) is 7.49. The van der Waals surface area contributed by atoms with Crippen LogP contribution in [0.25, 0.3) is 0 Å². The molecule has 0 saturated heterocycles. The monoisotopic (exact) mass is 250 g/mol. The fraction of sp³-hybridized carbons (Fsp3) is 0.667. The van der Waals surface area contributed by atoms with Crippen LogP contribution >= 0.6 is 0 Å². The van der Waals surface area contributed by atoms with Crippen LogP contribution in [-0.2, 0) is 12.8 Å². The molecule has 102 valence electrons. The lowest BCUT2D eigenvalue weighted by atomic mass is 9.95. The highest BCUT2D eigenvalue weighted by Gasteiger charge is 2.20. The molecule has 0 amide bonds. The zero-order valence-electron chi connectivity index (χ0n) is 11.9. The SMILES string of the molecule is CCCNCCC(C)(O)Cc1ccc(CC)cn1. The van der Waals surface area contributed by atoms with Crippen LogP contribution in [0.3, 0.4) is 0 Å². The summed E-state index contributed by atoms with van der Waals surface area (Å²) in [6.07, 6.45) is 5.41. The normalized spacial score (nSPS) is 14.4. The van der Waals surface area contributed by atoms with E-state index in [2.05, 4.69) is 30.2 Å². The molecule has 1 unspecified atom stereocenters. The van der Waals surface area contributed by atoms with Crippen molar-refractivity contribution in [2.75, 3.05) is 13.1 Å². The molecule has 0 aromatic carbocycles. The van der Waals surface area contributed by atoms with Gasteiger partial charge in [-0.15, -0.1) is 0 Å². The highest BCUT2D eigenvalue weighted by atomic mass is 16.3. The molecule has 0 aliphatic carbocycles. The molecule has 3 nitrogen and oxygen atoms in total. The summed E-state index contributed by atoms with van der Waals surface area (Å²) in [6.45, 7) is 8.01. The standard InChI is InChI=1S/C15H26N2O/c1-4-9-16-10-8-15(3,18)11-14-7-6-13(5-2)12-17-14/h6-7,12,16,18H,4-5,8-11H2,1-3H3. The van der Waals surface area contributed by atoms with Crippen LogP contribution in [0, 0.1) is 0 Å². The van der Waals surface area contributed by atoms with Crippen molar-refractivity contribution in [3.8, 4) is 0 Å². The van der Waals surface area contributed by atoms with Gasteiger partial charge in [-0.25, -0.2) is 0 Å². The Kier molecular flexibility index (Phi) is 6.30. The van der Waals surface area contributed by atoms with Crippen LogP contribution in [0.1, 0.15) is 44.9 Å². The summed E-state index contributed by atoms with van der Waals surface area (Å²) in [5, 5.41) is 13.6. The van der Waals surface area contributed by atoms with Gasteiger partial charge >= 0.3 is 0 Å². The highest BCUT2D eigenvalue weighted by molar-refractivity contribution is 5.15. The molecule has 0 aliphatic heterocycles. The minimum absolute atomic E-state index is 0.616. The van der Waals surface area contributed by atoms with Crippen LogP contribution in [0.4, 0.5) is 0 Å². The Morgan fingerprint density at radius 2 is 2.06 bits per heavy atom. The highest BCUT2D eigenvalue weighted by Crippen LogP contribution is 2.15. The molecule has 0 bridgehead atoms.